The van der Waals surface area contributed by atoms with Crippen molar-refractivity contribution in [2.75, 3.05) is 7.05 Å². The van der Waals surface area contributed by atoms with Gasteiger partial charge in [0.05, 0.1) is 6.54 Å². The van der Waals surface area contributed by atoms with Gasteiger partial charge in [0.1, 0.15) is 5.76 Å². The Morgan fingerprint density at radius 3 is 2.43 bits per heavy atom. The van der Waals surface area contributed by atoms with Crippen molar-refractivity contribution in [2.45, 2.75) is 39.9 Å². The molecule has 0 spiro atoms. The molecule has 1 amide bonds. The molecule has 0 aliphatic carbocycles. The molecular formula is C19H26N2O2. The fourth-order valence-corrected chi connectivity index (χ4v) is 2.25. The maximum atomic E-state index is 12.1. The van der Waals surface area contributed by atoms with Crippen molar-refractivity contribution in [1.29, 1.82) is 0 Å². The number of rotatable bonds is 7. The topological polar surface area (TPSA) is 45.5 Å². The van der Waals surface area contributed by atoms with Gasteiger partial charge in [-0.25, -0.2) is 0 Å². The summed E-state index contributed by atoms with van der Waals surface area (Å²) in [5.74, 6) is 1.42. The van der Waals surface area contributed by atoms with Crippen LogP contribution in [0.1, 0.15) is 42.6 Å². The van der Waals surface area contributed by atoms with Crippen LogP contribution in [0.2, 0.25) is 0 Å². The minimum Gasteiger partial charge on any atom is -0.455 e. The van der Waals surface area contributed by atoms with Crippen molar-refractivity contribution in [3.63, 3.8) is 0 Å². The number of carbonyl (C=O) groups is 1. The standard InChI is InChI=1S/C19H26N2O2/c1-14(2)15(3)20-19(22)18-11-10-17(23-18)13-21(4)12-16-8-6-5-7-9-16/h5-11,14-15H,12-13H2,1-4H3,(H,20,22). The lowest BCUT2D eigenvalue weighted by molar-refractivity contribution is 0.0898. The minimum absolute atomic E-state index is 0.122. The first kappa shape index (κ1) is 17.3. The number of nitrogens with one attached hydrogen (secondary N) is 1. The number of nitrogens with zero attached hydrogens (tertiary/aromatic N) is 1. The second-order valence-corrected chi connectivity index (χ2v) is 6.43. The highest BCUT2D eigenvalue weighted by molar-refractivity contribution is 5.91. The van der Waals surface area contributed by atoms with Gasteiger partial charge in [-0.2, -0.15) is 0 Å². The monoisotopic (exact) mass is 314 g/mol. The Kier molecular flexibility index (Phi) is 5.99. The second-order valence-electron chi connectivity index (χ2n) is 6.43. The van der Waals surface area contributed by atoms with Gasteiger partial charge in [0.25, 0.3) is 5.91 Å². The van der Waals surface area contributed by atoms with Crippen LogP contribution in [0.25, 0.3) is 0 Å². The molecule has 4 heteroatoms. The zero-order chi connectivity index (χ0) is 16.8. The van der Waals surface area contributed by atoms with Gasteiger partial charge in [0.15, 0.2) is 5.76 Å². The molecule has 0 aliphatic heterocycles. The Labute approximate surface area is 138 Å². The van der Waals surface area contributed by atoms with Crippen LogP contribution >= 0.6 is 0 Å². The van der Waals surface area contributed by atoms with E-state index in [2.05, 4.69) is 36.2 Å². The van der Waals surface area contributed by atoms with Gasteiger partial charge >= 0.3 is 0 Å². The third-order valence-electron chi connectivity index (χ3n) is 3.97. The van der Waals surface area contributed by atoms with E-state index in [1.54, 1.807) is 6.07 Å². The predicted molar refractivity (Wildman–Crippen MR) is 92.1 cm³/mol. The molecule has 23 heavy (non-hydrogen) atoms. The molecule has 0 saturated carbocycles. The SMILES string of the molecule is CC(C)C(C)NC(=O)c1ccc(CN(C)Cc2ccccc2)o1. The van der Waals surface area contributed by atoms with Crippen LogP contribution in [0.15, 0.2) is 46.9 Å². The van der Waals surface area contributed by atoms with Crippen molar-refractivity contribution in [3.8, 4) is 0 Å². The molecule has 124 valence electrons. The van der Waals surface area contributed by atoms with E-state index in [1.165, 1.54) is 5.56 Å². The van der Waals surface area contributed by atoms with Crippen molar-refractivity contribution >= 4 is 5.91 Å². The molecule has 1 heterocycles. The number of benzene rings is 1. The van der Waals surface area contributed by atoms with E-state index < -0.39 is 0 Å². The molecule has 1 aromatic carbocycles. The summed E-state index contributed by atoms with van der Waals surface area (Å²) in [5.41, 5.74) is 1.25. The molecular weight excluding hydrogens is 288 g/mol. The average Bonchev–Trinajstić information content (AvgIpc) is 2.96. The number of furan rings is 1. The van der Waals surface area contributed by atoms with E-state index in [1.807, 2.05) is 38.2 Å². The van der Waals surface area contributed by atoms with Crippen molar-refractivity contribution in [1.82, 2.24) is 10.2 Å². The second kappa shape index (κ2) is 7.97. The summed E-state index contributed by atoms with van der Waals surface area (Å²) in [5, 5.41) is 2.96. The number of hydrogen-bond donors (Lipinski definition) is 1. The highest BCUT2D eigenvalue weighted by atomic mass is 16.4. The summed E-state index contributed by atoms with van der Waals surface area (Å²) in [6.45, 7) is 7.67. The van der Waals surface area contributed by atoms with Crippen LogP contribution in [0, 0.1) is 5.92 Å². The van der Waals surface area contributed by atoms with Gasteiger partial charge in [-0.15, -0.1) is 0 Å². The van der Waals surface area contributed by atoms with Gasteiger partial charge in [-0.3, -0.25) is 9.69 Å². The van der Waals surface area contributed by atoms with Crippen molar-refractivity contribution in [3.05, 3.63) is 59.5 Å². The molecule has 1 unspecified atom stereocenters. The maximum absolute atomic E-state index is 12.1. The Hall–Kier alpha value is -2.07. The average molecular weight is 314 g/mol. The molecule has 0 bridgehead atoms. The third kappa shape index (κ3) is 5.25. The van der Waals surface area contributed by atoms with Crippen molar-refractivity contribution in [2.24, 2.45) is 5.92 Å². The fraction of sp³-hybridized carbons (Fsp3) is 0.421. The Morgan fingerprint density at radius 2 is 1.78 bits per heavy atom. The van der Waals surface area contributed by atoms with Crippen LogP contribution in [0.4, 0.5) is 0 Å². The lowest BCUT2D eigenvalue weighted by atomic mass is 10.1. The summed E-state index contributed by atoms with van der Waals surface area (Å²) in [4.78, 5) is 14.3. The van der Waals surface area contributed by atoms with E-state index in [9.17, 15) is 4.79 Å². The summed E-state index contributed by atoms with van der Waals surface area (Å²) in [6, 6.07) is 14.0. The molecule has 2 aromatic rings. The lowest BCUT2D eigenvalue weighted by Gasteiger charge is -2.16. The summed E-state index contributed by atoms with van der Waals surface area (Å²) < 4.78 is 5.68. The van der Waals surface area contributed by atoms with Crippen molar-refractivity contribution < 1.29 is 9.21 Å². The molecule has 1 aromatic heterocycles. The molecule has 0 fully saturated rings. The fourth-order valence-electron chi connectivity index (χ4n) is 2.25. The number of carbonyl (C=O) groups excluding carboxylic acids is 1. The number of hydrogen-bond acceptors (Lipinski definition) is 3. The molecule has 0 aliphatic rings. The maximum Gasteiger partial charge on any atom is 0.287 e. The van der Waals surface area contributed by atoms with Crippen LogP contribution < -0.4 is 5.32 Å². The smallest absolute Gasteiger partial charge is 0.287 e. The van der Waals surface area contributed by atoms with Crippen LogP contribution in [0.5, 0.6) is 0 Å². The normalized spacial score (nSPS) is 12.6. The zero-order valence-corrected chi connectivity index (χ0v) is 14.4. The summed E-state index contributed by atoms with van der Waals surface area (Å²) >= 11 is 0. The first-order chi connectivity index (χ1) is 11.0. The molecule has 4 nitrogen and oxygen atoms in total. The van der Waals surface area contributed by atoms with E-state index in [0.717, 1.165) is 12.3 Å². The Balaban J connectivity index is 1.90. The van der Waals surface area contributed by atoms with Gasteiger partial charge in [-0.1, -0.05) is 44.2 Å². The van der Waals surface area contributed by atoms with Gasteiger partial charge in [-0.05, 0) is 37.6 Å². The first-order valence-electron chi connectivity index (χ1n) is 8.07. The number of amides is 1. The highest BCUT2D eigenvalue weighted by Gasteiger charge is 2.16. The van der Waals surface area contributed by atoms with E-state index in [4.69, 9.17) is 4.42 Å². The summed E-state index contributed by atoms with van der Waals surface area (Å²) in [7, 11) is 2.04. The van der Waals surface area contributed by atoms with E-state index in [-0.39, 0.29) is 11.9 Å². The molecule has 2 rings (SSSR count). The van der Waals surface area contributed by atoms with Crippen LogP contribution in [0.3, 0.4) is 0 Å². The first-order valence-corrected chi connectivity index (χ1v) is 8.07. The highest BCUT2D eigenvalue weighted by Crippen LogP contribution is 2.13. The van der Waals surface area contributed by atoms with Crippen LogP contribution in [-0.4, -0.2) is 23.9 Å². The van der Waals surface area contributed by atoms with Crippen LogP contribution in [-0.2, 0) is 13.1 Å². The Bertz CT molecular complexity index is 619. The minimum atomic E-state index is -0.150. The van der Waals surface area contributed by atoms with Gasteiger partial charge in [0, 0.05) is 12.6 Å². The van der Waals surface area contributed by atoms with Gasteiger partial charge < -0.3 is 9.73 Å². The molecule has 1 atom stereocenters. The molecule has 0 radical (unpaired) electrons. The molecule has 1 N–H and O–H groups in total. The zero-order valence-electron chi connectivity index (χ0n) is 14.4. The quantitative estimate of drug-likeness (QED) is 0.848. The Morgan fingerprint density at radius 1 is 1.09 bits per heavy atom. The largest absolute Gasteiger partial charge is 0.455 e. The lowest BCUT2D eigenvalue weighted by Crippen LogP contribution is -2.35. The van der Waals surface area contributed by atoms with E-state index in [0.29, 0.717) is 18.2 Å². The van der Waals surface area contributed by atoms with E-state index >= 15 is 0 Å². The third-order valence-corrected chi connectivity index (χ3v) is 3.97. The summed E-state index contributed by atoms with van der Waals surface area (Å²) in [6.07, 6.45) is 0. The van der Waals surface area contributed by atoms with Gasteiger partial charge in [0.2, 0.25) is 0 Å². The molecule has 0 saturated heterocycles. The predicted octanol–water partition coefficient (Wildman–Crippen LogP) is 3.69.